The van der Waals surface area contributed by atoms with E-state index in [2.05, 4.69) is 15.5 Å². The van der Waals surface area contributed by atoms with Gasteiger partial charge in [0, 0.05) is 12.1 Å². The van der Waals surface area contributed by atoms with Crippen LogP contribution in [0.25, 0.3) is 11.4 Å². The molecule has 0 bridgehead atoms. The number of nitrogens with one attached hydrogen (secondary N) is 1. The summed E-state index contributed by atoms with van der Waals surface area (Å²) in [6.45, 7) is 2.41. The van der Waals surface area contributed by atoms with Gasteiger partial charge in [0.05, 0.1) is 12.3 Å². The minimum atomic E-state index is -0.177. The number of carbonyl (C=O) groups is 1. The van der Waals surface area contributed by atoms with Crippen molar-refractivity contribution in [1.82, 2.24) is 20.4 Å². The van der Waals surface area contributed by atoms with Gasteiger partial charge in [-0.25, -0.2) is 0 Å². The summed E-state index contributed by atoms with van der Waals surface area (Å²) in [4.78, 5) is 18.5. The average molecular weight is 354 g/mol. The fraction of sp³-hybridized carbons (Fsp3) is 0.316. The summed E-state index contributed by atoms with van der Waals surface area (Å²) >= 11 is 0. The molecule has 2 aromatic heterocycles. The molecule has 0 saturated heterocycles. The Morgan fingerprint density at radius 3 is 2.73 bits per heavy atom. The highest BCUT2D eigenvalue weighted by Crippen LogP contribution is 2.20. The van der Waals surface area contributed by atoms with E-state index < -0.39 is 0 Å². The van der Waals surface area contributed by atoms with Gasteiger partial charge in [-0.3, -0.25) is 9.69 Å². The Hall–Kier alpha value is -2.93. The molecule has 2 heterocycles. The van der Waals surface area contributed by atoms with Crippen molar-refractivity contribution >= 4 is 5.91 Å². The van der Waals surface area contributed by atoms with E-state index in [1.54, 1.807) is 6.26 Å². The van der Waals surface area contributed by atoms with Crippen LogP contribution in [0.15, 0.2) is 51.6 Å². The predicted molar refractivity (Wildman–Crippen MR) is 96.3 cm³/mol. The largest absolute Gasteiger partial charge is 0.468 e. The minimum absolute atomic E-state index is 0.0389. The van der Waals surface area contributed by atoms with E-state index in [9.17, 15) is 4.79 Å². The highest BCUT2D eigenvalue weighted by Gasteiger charge is 2.19. The van der Waals surface area contributed by atoms with Crippen LogP contribution in [0.5, 0.6) is 0 Å². The van der Waals surface area contributed by atoms with E-state index in [1.807, 2.05) is 62.3 Å². The number of rotatable bonds is 7. The summed E-state index contributed by atoms with van der Waals surface area (Å²) in [6.07, 6.45) is 1.66. The summed E-state index contributed by atoms with van der Waals surface area (Å²) in [7, 11) is 3.87. The molecule has 0 saturated carbocycles. The lowest BCUT2D eigenvalue weighted by Crippen LogP contribution is -2.35. The molecule has 3 aromatic rings. The number of carbonyl (C=O) groups excluding carboxylic acids is 1. The predicted octanol–water partition coefficient (Wildman–Crippen LogP) is 2.60. The smallest absolute Gasteiger partial charge is 0.236 e. The zero-order chi connectivity index (χ0) is 18.5. The molecule has 3 rings (SSSR count). The maximum absolute atomic E-state index is 12.2. The third-order valence-corrected chi connectivity index (χ3v) is 4.15. The maximum Gasteiger partial charge on any atom is 0.236 e. The number of likely N-dealkylation sites (N-methyl/N-ethyl adjacent to an activating group) is 1. The highest BCUT2D eigenvalue weighted by molar-refractivity contribution is 5.77. The number of nitrogens with zero attached hydrogens (tertiary/aromatic N) is 3. The van der Waals surface area contributed by atoms with Gasteiger partial charge in [-0.05, 0) is 38.7 Å². The van der Waals surface area contributed by atoms with E-state index >= 15 is 0 Å². The van der Waals surface area contributed by atoms with Crippen LogP contribution in [0, 0.1) is 6.92 Å². The van der Waals surface area contributed by atoms with Crippen LogP contribution < -0.4 is 5.32 Å². The molecular formula is C19H22N4O3. The van der Waals surface area contributed by atoms with Crippen LogP contribution in [0.3, 0.4) is 0 Å². The topological polar surface area (TPSA) is 84.4 Å². The second-order valence-electron chi connectivity index (χ2n) is 6.30. The SMILES string of the molecule is Cc1ccccc1-c1noc(CC(=O)NCC(c2ccco2)N(C)C)n1. The first kappa shape index (κ1) is 17.9. The molecular weight excluding hydrogens is 332 g/mol. The average Bonchev–Trinajstić information content (AvgIpc) is 3.27. The standard InChI is InChI=1S/C19H22N4O3/c1-13-7-4-5-8-14(13)19-21-18(26-22-19)11-17(24)20-12-15(23(2)3)16-9-6-10-25-16/h4-10,15H,11-12H2,1-3H3,(H,20,24). The molecule has 136 valence electrons. The molecule has 1 atom stereocenters. The van der Waals surface area contributed by atoms with Crippen LogP contribution in [-0.2, 0) is 11.2 Å². The van der Waals surface area contributed by atoms with Crippen molar-refractivity contribution in [3.63, 3.8) is 0 Å². The number of benzene rings is 1. The van der Waals surface area contributed by atoms with E-state index in [1.165, 1.54) is 0 Å². The molecule has 1 unspecified atom stereocenters. The van der Waals surface area contributed by atoms with Crippen LogP contribution in [-0.4, -0.2) is 41.6 Å². The van der Waals surface area contributed by atoms with Crippen molar-refractivity contribution in [2.45, 2.75) is 19.4 Å². The van der Waals surface area contributed by atoms with Crippen molar-refractivity contribution in [1.29, 1.82) is 0 Å². The van der Waals surface area contributed by atoms with Crippen LogP contribution in [0.4, 0.5) is 0 Å². The number of hydrogen-bond donors (Lipinski definition) is 1. The Kier molecular flexibility index (Phi) is 5.48. The summed E-state index contributed by atoms with van der Waals surface area (Å²) in [5.74, 6) is 1.41. The number of furan rings is 1. The Labute approximate surface area is 152 Å². The van der Waals surface area contributed by atoms with E-state index in [0.717, 1.165) is 16.9 Å². The quantitative estimate of drug-likeness (QED) is 0.702. The number of hydrogen-bond acceptors (Lipinski definition) is 6. The summed E-state index contributed by atoms with van der Waals surface area (Å²) in [5.41, 5.74) is 1.95. The monoisotopic (exact) mass is 354 g/mol. The lowest BCUT2D eigenvalue weighted by atomic mass is 10.1. The van der Waals surface area contributed by atoms with Crippen molar-refractivity contribution in [3.8, 4) is 11.4 Å². The van der Waals surface area contributed by atoms with Gasteiger partial charge in [0.15, 0.2) is 0 Å². The van der Waals surface area contributed by atoms with Gasteiger partial charge < -0.3 is 14.3 Å². The second-order valence-corrected chi connectivity index (χ2v) is 6.30. The zero-order valence-corrected chi connectivity index (χ0v) is 15.1. The Bertz CT molecular complexity index is 855. The third kappa shape index (κ3) is 4.18. The molecule has 1 amide bonds. The fourth-order valence-electron chi connectivity index (χ4n) is 2.69. The van der Waals surface area contributed by atoms with Crippen molar-refractivity contribution in [3.05, 3.63) is 59.9 Å². The molecule has 0 spiro atoms. The van der Waals surface area contributed by atoms with E-state index in [-0.39, 0.29) is 18.4 Å². The molecule has 0 fully saturated rings. The Morgan fingerprint density at radius 2 is 2.04 bits per heavy atom. The number of amides is 1. The summed E-state index contributed by atoms with van der Waals surface area (Å²) in [6, 6.07) is 11.5. The third-order valence-electron chi connectivity index (χ3n) is 4.15. The first-order chi connectivity index (χ1) is 12.5. The van der Waals surface area contributed by atoms with Crippen molar-refractivity contribution in [2.75, 3.05) is 20.6 Å². The van der Waals surface area contributed by atoms with Gasteiger partial charge in [0.1, 0.15) is 12.2 Å². The number of aryl methyl sites for hydroxylation is 1. The molecule has 0 aliphatic carbocycles. The molecule has 7 heteroatoms. The van der Waals surface area contributed by atoms with Crippen LogP contribution in [0.1, 0.15) is 23.3 Å². The van der Waals surface area contributed by atoms with Gasteiger partial charge in [-0.2, -0.15) is 4.98 Å². The first-order valence-electron chi connectivity index (χ1n) is 8.39. The molecule has 7 nitrogen and oxygen atoms in total. The lowest BCUT2D eigenvalue weighted by Gasteiger charge is -2.22. The van der Waals surface area contributed by atoms with Gasteiger partial charge in [0.25, 0.3) is 0 Å². The lowest BCUT2D eigenvalue weighted by molar-refractivity contribution is -0.121. The normalized spacial score (nSPS) is 12.3. The van der Waals surface area contributed by atoms with E-state index in [0.29, 0.717) is 18.3 Å². The van der Waals surface area contributed by atoms with Crippen molar-refractivity contribution in [2.24, 2.45) is 0 Å². The highest BCUT2D eigenvalue weighted by atomic mass is 16.5. The molecule has 1 N–H and O–H groups in total. The van der Waals surface area contributed by atoms with Gasteiger partial charge >= 0.3 is 0 Å². The summed E-state index contributed by atoms with van der Waals surface area (Å²) in [5, 5.41) is 6.87. The first-order valence-corrected chi connectivity index (χ1v) is 8.39. The number of aromatic nitrogens is 2. The van der Waals surface area contributed by atoms with Gasteiger partial charge in [-0.1, -0.05) is 29.4 Å². The zero-order valence-electron chi connectivity index (χ0n) is 15.1. The van der Waals surface area contributed by atoms with Gasteiger partial charge in [-0.15, -0.1) is 0 Å². The second kappa shape index (κ2) is 7.97. The van der Waals surface area contributed by atoms with Gasteiger partial charge in [0.2, 0.25) is 17.6 Å². The van der Waals surface area contributed by atoms with Crippen LogP contribution in [0.2, 0.25) is 0 Å². The fourth-order valence-corrected chi connectivity index (χ4v) is 2.69. The molecule has 0 radical (unpaired) electrons. The van der Waals surface area contributed by atoms with Crippen molar-refractivity contribution < 1.29 is 13.7 Å². The Balaban J connectivity index is 1.59. The van der Waals surface area contributed by atoms with Crippen LogP contribution >= 0.6 is 0 Å². The minimum Gasteiger partial charge on any atom is -0.468 e. The molecule has 26 heavy (non-hydrogen) atoms. The molecule has 0 aliphatic rings. The molecule has 0 aliphatic heterocycles. The molecule has 1 aromatic carbocycles. The van der Waals surface area contributed by atoms with E-state index in [4.69, 9.17) is 8.94 Å². The Morgan fingerprint density at radius 1 is 1.23 bits per heavy atom. The maximum atomic E-state index is 12.2. The summed E-state index contributed by atoms with van der Waals surface area (Å²) < 4.78 is 10.7.